The Morgan fingerprint density at radius 2 is 1.94 bits per heavy atom. The third-order valence-electron chi connectivity index (χ3n) is 6.05. The fourth-order valence-corrected chi connectivity index (χ4v) is 4.45. The zero-order chi connectivity index (χ0) is 22.6. The van der Waals surface area contributed by atoms with E-state index >= 15 is 0 Å². The number of allylic oxidation sites excluding steroid dienone is 1. The lowest BCUT2D eigenvalue weighted by Gasteiger charge is -2.22. The van der Waals surface area contributed by atoms with Crippen LogP contribution in [-0.2, 0) is 13.7 Å². The molecule has 33 heavy (non-hydrogen) atoms. The smallest absolute Gasteiger partial charge is 0.305 e. The molecule has 9 heteroatoms. The average Bonchev–Trinajstić information content (AvgIpc) is 3.41. The van der Waals surface area contributed by atoms with E-state index in [4.69, 9.17) is 9.72 Å². The summed E-state index contributed by atoms with van der Waals surface area (Å²) in [5.74, 6) is 2.04. The van der Waals surface area contributed by atoms with Crippen LogP contribution in [-0.4, -0.2) is 34.7 Å². The van der Waals surface area contributed by atoms with Crippen molar-refractivity contribution in [2.45, 2.75) is 45.1 Å². The minimum Gasteiger partial charge on any atom is -0.458 e. The zero-order valence-corrected chi connectivity index (χ0v) is 18.8. The van der Waals surface area contributed by atoms with Crippen LogP contribution in [0.5, 0.6) is 6.01 Å². The van der Waals surface area contributed by atoms with Gasteiger partial charge >= 0.3 is 6.01 Å². The Morgan fingerprint density at radius 3 is 2.76 bits per heavy atom. The molecule has 4 aromatic rings. The number of benzene rings is 1. The van der Waals surface area contributed by atoms with Gasteiger partial charge in [-0.05, 0) is 47.0 Å². The third kappa shape index (κ3) is 4.72. The number of tetrazole rings is 1. The van der Waals surface area contributed by atoms with Gasteiger partial charge in [0.25, 0.3) is 5.95 Å². The summed E-state index contributed by atoms with van der Waals surface area (Å²) in [6.45, 7) is 4.49. The standard InChI is InChI=1S/C24H28N8O/c1-17(15-18-9-4-3-5-10-18)25-22-14-8-11-19(26-22)16-33-24-27-20-12-6-7-13-21(20)32(24)23-28-29-30-31(23)2/h6-8,11-14,18H,1,3-5,9-10,15-16H2,2H3,(H,25,26). The number of aryl methyl sites for hydroxylation is 1. The molecule has 0 bridgehead atoms. The SMILES string of the molecule is C=C(CC1CCCCC1)Nc1cccc(COc2nc3ccccc3n2-c2nnnn2C)n1. The Hall–Kier alpha value is -3.75. The highest BCUT2D eigenvalue weighted by molar-refractivity contribution is 5.78. The van der Waals surface area contributed by atoms with Gasteiger partial charge in [-0.3, -0.25) is 0 Å². The van der Waals surface area contributed by atoms with Gasteiger partial charge in [0, 0.05) is 12.7 Å². The van der Waals surface area contributed by atoms with E-state index in [2.05, 4.69) is 32.4 Å². The zero-order valence-electron chi connectivity index (χ0n) is 18.8. The number of hydrogen-bond acceptors (Lipinski definition) is 7. The molecule has 1 fully saturated rings. The van der Waals surface area contributed by atoms with E-state index < -0.39 is 0 Å². The number of para-hydroxylation sites is 2. The van der Waals surface area contributed by atoms with Gasteiger partial charge in [0.15, 0.2) is 0 Å². The van der Waals surface area contributed by atoms with E-state index in [1.807, 2.05) is 47.0 Å². The number of pyridine rings is 1. The number of nitrogens with zero attached hydrogens (tertiary/aromatic N) is 7. The number of hydrogen-bond donors (Lipinski definition) is 1. The Morgan fingerprint density at radius 1 is 1.09 bits per heavy atom. The Kier molecular flexibility index (Phi) is 6.01. The predicted molar refractivity (Wildman–Crippen MR) is 126 cm³/mol. The van der Waals surface area contributed by atoms with Crippen molar-refractivity contribution in [1.29, 1.82) is 0 Å². The molecule has 170 valence electrons. The van der Waals surface area contributed by atoms with Gasteiger partial charge in [-0.25, -0.2) is 14.2 Å². The molecular formula is C24H28N8O. The predicted octanol–water partition coefficient (Wildman–Crippen LogP) is 4.42. The van der Waals surface area contributed by atoms with Crippen molar-refractivity contribution in [3.05, 3.63) is 60.4 Å². The summed E-state index contributed by atoms with van der Waals surface area (Å²) in [5, 5.41) is 15.2. The maximum absolute atomic E-state index is 6.10. The summed E-state index contributed by atoms with van der Waals surface area (Å²) in [5.41, 5.74) is 3.48. The normalized spacial score (nSPS) is 14.5. The van der Waals surface area contributed by atoms with E-state index in [0.29, 0.717) is 12.0 Å². The molecule has 1 N–H and O–H groups in total. The van der Waals surface area contributed by atoms with Crippen LogP contribution < -0.4 is 10.1 Å². The molecule has 1 aliphatic rings. The molecule has 0 radical (unpaired) electrons. The first-order valence-electron chi connectivity index (χ1n) is 11.4. The lowest BCUT2D eigenvalue weighted by Crippen LogP contribution is -2.11. The van der Waals surface area contributed by atoms with Gasteiger partial charge < -0.3 is 10.1 Å². The molecule has 1 saturated carbocycles. The number of anilines is 1. The van der Waals surface area contributed by atoms with Gasteiger partial charge in [-0.15, -0.1) is 0 Å². The Balaban J connectivity index is 1.30. The molecule has 5 rings (SSSR count). The number of nitrogens with one attached hydrogen (secondary N) is 1. The van der Waals surface area contributed by atoms with Crippen LogP contribution >= 0.6 is 0 Å². The van der Waals surface area contributed by atoms with Crippen LogP contribution in [0.1, 0.15) is 44.2 Å². The number of aromatic nitrogens is 7. The first-order valence-corrected chi connectivity index (χ1v) is 11.4. The van der Waals surface area contributed by atoms with Crippen molar-refractivity contribution in [2.24, 2.45) is 13.0 Å². The van der Waals surface area contributed by atoms with Crippen LogP contribution in [0.15, 0.2) is 54.7 Å². The summed E-state index contributed by atoms with van der Waals surface area (Å²) in [7, 11) is 1.78. The van der Waals surface area contributed by atoms with Crippen molar-refractivity contribution in [3.63, 3.8) is 0 Å². The number of fused-ring (bicyclic) bond motifs is 1. The molecular weight excluding hydrogens is 416 g/mol. The second kappa shape index (κ2) is 9.40. The lowest BCUT2D eigenvalue weighted by atomic mass is 9.86. The highest BCUT2D eigenvalue weighted by Gasteiger charge is 2.18. The summed E-state index contributed by atoms with van der Waals surface area (Å²) in [4.78, 5) is 9.34. The Labute approximate surface area is 192 Å². The monoisotopic (exact) mass is 444 g/mol. The van der Waals surface area contributed by atoms with Crippen LogP contribution in [0, 0.1) is 5.92 Å². The molecule has 1 aliphatic carbocycles. The molecule has 3 aromatic heterocycles. The molecule has 0 spiro atoms. The molecule has 0 amide bonds. The number of ether oxygens (including phenoxy) is 1. The first-order chi connectivity index (χ1) is 16.2. The van der Waals surface area contributed by atoms with Crippen LogP contribution in [0.3, 0.4) is 0 Å². The summed E-state index contributed by atoms with van der Waals surface area (Å²) in [6.07, 6.45) is 7.61. The van der Waals surface area contributed by atoms with E-state index in [0.717, 1.165) is 40.6 Å². The third-order valence-corrected chi connectivity index (χ3v) is 6.05. The molecule has 0 atom stereocenters. The molecule has 3 heterocycles. The largest absolute Gasteiger partial charge is 0.458 e. The van der Waals surface area contributed by atoms with Gasteiger partial charge in [0.05, 0.1) is 16.7 Å². The molecule has 0 aliphatic heterocycles. The molecule has 1 aromatic carbocycles. The molecule has 0 saturated heterocycles. The van der Waals surface area contributed by atoms with Gasteiger partial charge in [-0.1, -0.05) is 62.0 Å². The minimum atomic E-state index is 0.263. The quantitative estimate of drug-likeness (QED) is 0.430. The van der Waals surface area contributed by atoms with Crippen LogP contribution in [0.25, 0.3) is 17.0 Å². The van der Waals surface area contributed by atoms with E-state index in [1.165, 1.54) is 32.1 Å². The number of imidazole rings is 1. The fraction of sp³-hybridized carbons (Fsp3) is 0.375. The molecule has 9 nitrogen and oxygen atoms in total. The van der Waals surface area contributed by atoms with Gasteiger partial charge in [0.1, 0.15) is 12.4 Å². The second-order valence-electron chi connectivity index (χ2n) is 8.56. The second-order valence-corrected chi connectivity index (χ2v) is 8.56. The summed E-state index contributed by atoms with van der Waals surface area (Å²) < 4.78 is 9.49. The van der Waals surface area contributed by atoms with Crippen molar-refractivity contribution >= 4 is 16.9 Å². The van der Waals surface area contributed by atoms with Gasteiger partial charge in [0.2, 0.25) is 0 Å². The molecule has 0 unspecified atom stereocenters. The van der Waals surface area contributed by atoms with Crippen LogP contribution in [0.4, 0.5) is 5.82 Å². The van der Waals surface area contributed by atoms with Gasteiger partial charge in [-0.2, -0.15) is 4.98 Å². The summed E-state index contributed by atoms with van der Waals surface area (Å²) in [6, 6.07) is 14.1. The van der Waals surface area contributed by atoms with Crippen LogP contribution in [0.2, 0.25) is 0 Å². The lowest BCUT2D eigenvalue weighted by molar-refractivity contribution is 0.272. The van der Waals surface area contributed by atoms with Crippen molar-refractivity contribution in [2.75, 3.05) is 5.32 Å². The maximum atomic E-state index is 6.10. The maximum Gasteiger partial charge on any atom is 0.305 e. The fourth-order valence-electron chi connectivity index (χ4n) is 4.45. The Bertz CT molecular complexity index is 1250. The van der Waals surface area contributed by atoms with E-state index in [9.17, 15) is 0 Å². The van der Waals surface area contributed by atoms with E-state index in [1.54, 1.807) is 11.7 Å². The number of rotatable bonds is 8. The highest BCUT2D eigenvalue weighted by atomic mass is 16.5. The topological polar surface area (TPSA) is 95.6 Å². The average molecular weight is 445 g/mol. The highest BCUT2D eigenvalue weighted by Crippen LogP contribution is 2.29. The summed E-state index contributed by atoms with van der Waals surface area (Å²) >= 11 is 0. The van der Waals surface area contributed by atoms with E-state index in [-0.39, 0.29) is 6.61 Å². The van der Waals surface area contributed by atoms with Crippen molar-refractivity contribution in [1.82, 2.24) is 34.7 Å². The minimum absolute atomic E-state index is 0.263. The first kappa shape index (κ1) is 21.1. The van der Waals surface area contributed by atoms with Crippen molar-refractivity contribution in [3.8, 4) is 12.0 Å². The van der Waals surface area contributed by atoms with Crippen molar-refractivity contribution < 1.29 is 4.74 Å².